The van der Waals surface area contributed by atoms with Gasteiger partial charge >= 0.3 is 6.61 Å². The normalized spacial score (nSPS) is 10.7. The quantitative estimate of drug-likeness (QED) is 0.799. The third-order valence-electron chi connectivity index (χ3n) is 3.36. The third-order valence-corrected chi connectivity index (χ3v) is 3.36. The van der Waals surface area contributed by atoms with Crippen molar-refractivity contribution >= 4 is 5.91 Å². The van der Waals surface area contributed by atoms with Crippen molar-refractivity contribution in [1.29, 1.82) is 0 Å². The van der Waals surface area contributed by atoms with Gasteiger partial charge in [-0.05, 0) is 42.3 Å². The highest BCUT2D eigenvalue weighted by atomic mass is 19.3. The van der Waals surface area contributed by atoms with Crippen LogP contribution in [0.5, 0.6) is 5.75 Å². The molecule has 0 spiro atoms. The van der Waals surface area contributed by atoms with E-state index in [9.17, 15) is 13.6 Å². The molecule has 0 saturated carbocycles. The lowest BCUT2D eigenvalue weighted by atomic mass is 10.1. The van der Waals surface area contributed by atoms with Gasteiger partial charge in [0, 0.05) is 18.7 Å². The summed E-state index contributed by atoms with van der Waals surface area (Å²) in [6, 6.07) is 13.3. The Kier molecular flexibility index (Phi) is 6.69. The Morgan fingerprint density at radius 2 is 1.75 bits per heavy atom. The number of benzene rings is 2. The largest absolute Gasteiger partial charge is 0.435 e. The first kappa shape index (κ1) is 17.9. The minimum atomic E-state index is -2.88. The summed E-state index contributed by atoms with van der Waals surface area (Å²) in [6.45, 7) is 0.505. The number of alkyl halides is 2. The molecule has 0 unspecified atom stereocenters. The molecular weight excluding hydrogens is 316 g/mol. The molecule has 0 aromatic heterocycles. The lowest BCUT2D eigenvalue weighted by Gasteiger charge is -2.11. The van der Waals surface area contributed by atoms with Crippen LogP contribution in [-0.4, -0.2) is 19.1 Å². The van der Waals surface area contributed by atoms with E-state index in [-0.39, 0.29) is 11.7 Å². The first-order valence-electron chi connectivity index (χ1n) is 7.57. The van der Waals surface area contributed by atoms with Crippen molar-refractivity contribution in [2.24, 2.45) is 0 Å². The van der Waals surface area contributed by atoms with Crippen LogP contribution in [0.4, 0.5) is 8.78 Å². The number of rotatable bonds is 8. The van der Waals surface area contributed by atoms with Gasteiger partial charge in [0.2, 0.25) is 0 Å². The van der Waals surface area contributed by atoms with Gasteiger partial charge in [0.1, 0.15) is 5.75 Å². The zero-order valence-electron chi connectivity index (χ0n) is 13.3. The number of hydrogen-bond acceptors (Lipinski definition) is 3. The first-order valence-corrected chi connectivity index (χ1v) is 7.57. The highest BCUT2D eigenvalue weighted by molar-refractivity contribution is 5.94. The minimum absolute atomic E-state index is 0.0172. The highest BCUT2D eigenvalue weighted by Crippen LogP contribution is 2.15. The number of amides is 1. The van der Waals surface area contributed by atoms with Crippen molar-refractivity contribution in [2.75, 3.05) is 6.61 Å². The topological polar surface area (TPSA) is 47.6 Å². The van der Waals surface area contributed by atoms with Crippen molar-refractivity contribution < 1.29 is 23.0 Å². The zero-order valence-corrected chi connectivity index (χ0v) is 13.3. The van der Waals surface area contributed by atoms with Crippen LogP contribution in [0.2, 0.25) is 0 Å². The van der Waals surface area contributed by atoms with Gasteiger partial charge in [-0.25, -0.2) is 0 Å². The van der Waals surface area contributed by atoms with E-state index in [0.717, 1.165) is 11.1 Å². The molecule has 0 aliphatic rings. The average molecular weight is 335 g/mol. The Morgan fingerprint density at radius 3 is 2.38 bits per heavy atom. The van der Waals surface area contributed by atoms with Crippen LogP contribution in [0.25, 0.3) is 0 Å². The van der Waals surface area contributed by atoms with E-state index in [2.05, 4.69) is 10.1 Å². The van der Waals surface area contributed by atoms with Gasteiger partial charge in [-0.3, -0.25) is 4.79 Å². The second kappa shape index (κ2) is 8.98. The van der Waals surface area contributed by atoms with Crippen LogP contribution in [0.1, 0.15) is 28.4 Å². The molecule has 2 aromatic carbocycles. The molecule has 1 N–H and O–H groups in total. The Hall–Kier alpha value is -2.47. The molecule has 0 heterocycles. The van der Waals surface area contributed by atoms with Gasteiger partial charge in [-0.1, -0.05) is 24.3 Å². The fraction of sp³-hybridized carbons (Fsp3) is 0.278. The van der Waals surface area contributed by atoms with Gasteiger partial charge in [0.15, 0.2) is 0 Å². The average Bonchev–Trinajstić information content (AvgIpc) is 2.58. The summed E-state index contributed by atoms with van der Waals surface area (Å²) in [5, 5.41) is 2.81. The third kappa shape index (κ3) is 5.31. The van der Waals surface area contributed by atoms with Gasteiger partial charge in [-0.2, -0.15) is 8.78 Å². The number of carbonyl (C=O) groups excluding carboxylic acids is 1. The van der Waals surface area contributed by atoms with Gasteiger partial charge in [-0.15, -0.1) is 0 Å². The second-order valence-electron chi connectivity index (χ2n) is 4.99. The molecular formula is C18H19F2NO3. The fourth-order valence-corrected chi connectivity index (χ4v) is 2.15. The number of ether oxygens (including phenoxy) is 2. The summed E-state index contributed by atoms with van der Waals surface area (Å²) in [5.74, 6) is -0.270. The maximum atomic E-state index is 12.1. The zero-order chi connectivity index (χ0) is 17.4. The maximum Gasteiger partial charge on any atom is 0.387 e. The molecule has 6 heteroatoms. The van der Waals surface area contributed by atoms with E-state index in [1.54, 1.807) is 0 Å². The van der Waals surface area contributed by atoms with E-state index in [1.807, 2.05) is 31.2 Å². The number of halogens is 2. The monoisotopic (exact) mass is 335 g/mol. The molecule has 1 amide bonds. The Bertz CT molecular complexity index is 660. The number of nitrogens with one attached hydrogen (secondary N) is 1. The van der Waals surface area contributed by atoms with Gasteiger partial charge < -0.3 is 14.8 Å². The molecule has 0 fully saturated rings. The van der Waals surface area contributed by atoms with Crippen LogP contribution < -0.4 is 10.1 Å². The molecule has 0 saturated heterocycles. The smallest absolute Gasteiger partial charge is 0.387 e. The predicted octanol–water partition coefficient (Wildman–Crippen LogP) is 3.75. The lowest BCUT2D eigenvalue weighted by molar-refractivity contribution is -0.0498. The van der Waals surface area contributed by atoms with Gasteiger partial charge in [0.05, 0.1) is 6.61 Å². The molecule has 4 nitrogen and oxygen atoms in total. The molecule has 2 aromatic rings. The van der Waals surface area contributed by atoms with Crippen molar-refractivity contribution in [1.82, 2.24) is 5.32 Å². The minimum Gasteiger partial charge on any atom is -0.435 e. The number of carbonyl (C=O) groups is 1. The van der Waals surface area contributed by atoms with Crippen molar-refractivity contribution in [3.05, 3.63) is 65.2 Å². The van der Waals surface area contributed by atoms with E-state index in [1.165, 1.54) is 24.3 Å². The molecule has 2 rings (SSSR count). The SMILES string of the molecule is CCOCc1ccccc1CNC(=O)c1ccc(OC(F)F)cc1. The summed E-state index contributed by atoms with van der Waals surface area (Å²) in [4.78, 5) is 12.1. The standard InChI is InChI=1S/C18H19F2NO3/c1-2-23-12-15-6-4-3-5-14(15)11-21-17(22)13-7-9-16(10-8-13)24-18(19)20/h3-10,18H,2,11-12H2,1H3,(H,21,22). The van der Waals surface area contributed by atoms with E-state index in [0.29, 0.717) is 25.3 Å². The molecule has 0 aliphatic heterocycles. The van der Waals surface area contributed by atoms with Crippen LogP contribution in [0.15, 0.2) is 48.5 Å². The number of hydrogen-bond donors (Lipinski definition) is 1. The summed E-state index contributed by atoms with van der Waals surface area (Å²) < 4.78 is 33.9. The van der Waals surface area contributed by atoms with Crippen molar-refractivity contribution in [3.63, 3.8) is 0 Å². The Morgan fingerprint density at radius 1 is 1.08 bits per heavy atom. The highest BCUT2D eigenvalue weighted by Gasteiger charge is 2.09. The summed E-state index contributed by atoms with van der Waals surface area (Å²) >= 11 is 0. The summed E-state index contributed by atoms with van der Waals surface area (Å²) in [6.07, 6.45) is 0. The summed E-state index contributed by atoms with van der Waals surface area (Å²) in [5.41, 5.74) is 2.36. The molecule has 0 aliphatic carbocycles. The fourth-order valence-electron chi connectivity index (χ4n) is 2.15. The summed E-state index contributed by atoms with van der Waals surface area (Å²) in [7, 11) is 0. The van der Waals surface area contributed by atoms with Crippen molar-refractivity contribution in [2.45, 2.75) is 26.7 Å². The molecule has 0 radical (unpaired) electrons. The molecule has 0 atom stereocenters. The van der Waals surface area contributed by atoms with Crippen LogP contribution in [0, 0.1) is 0 Å². The predicted molar refractivity (Wildman–Crippen MR) is 86.0 cm³/mol. The van der Waals surface area contributed by atoms with Gasteiger partial charge in [0.25, 0.3) is 5.91 Å². The Balaban J connectivity index is 1.95. The van der Waals surface area contributed by atoms with Crippen LogP contribution in [0.3, 0.4) is 0 Å². The van der Waals surface area contributed by atoms with Crippen LogP contribution >= 0.6 is 0 Å². The molecule has 128 valence electrons. The first-order chi connectivity index (χ1) is 11.6. The van der Waals surface area contributed by atoms with Crippen LogP contribution in [-0.2, 0) is 17.9 Å². The maximum absolute atomic E-state index is 12.1. The van der Waals surface area contributed by atoms with E-state index >= 15 is 0 Å². The van der Waals surface area contributed by atoms with Crippen molar-refractivity contribution in [3.8, 4) is 5.75 Å². The molecule has 24 heavy (non-hydrogen) atoms. The van der Waals surface area contributed by atoms with E-state index in [4.69, 9.17) is 4.74 Å². The second-order valence-corrected chi connectivity index (χ2v) is 4.99. The Labute approximate surface area is 139 Å². The molecule has 0 bridgehead atoms. The van der Waals surface area contributed by atoms with E-state index < -0.39 is 6.61 Å². The lowest BCUT2D eigenvalue weighted by Crippen LogP contribution is -2.23.